The molecule has 1 amide bonds. The first-order valence-electron chi connectivity index (χ1n) is 10.9. The maximum absolute atomic E-state index is 13.2. The zero-order valence-corrected chi connectivity index (χ0v) is 20.6. The first kappa shape index (κ1) is 24.2. The molecule has 1 atom stereocenters. The molecule has 1 unspecified atom stereocenters. The molecule has 0 radical (unpaired) electrons. The Labute approximate surface area is 210 Å². The Balaban J connectivity index is 1.87. The van der Waals surface area contributed by atoms with Crippen molar-refractivity contribution in [3.05, 3.63) is 99.0 Å². The fourth-order valence-corrected chi connectivity index (χ4v) is 4.24. The number of hydrogen-bond donors (Lipinski definition) is 2. The monoisotopic (exact) mass is 535 g/mol. The Hall–Kier alpha value is -3.91. The average molecular weight is 536 g/mol. The Morgan fingerprint density at radius 1 is 1.00 bits per heavy atom. The molecule has 0 aromatic heterocycles. The molecule has 1 aliphatic rings. The van der Waals surface area contributed by atoms with E-state index in [0.29, 0.717) is 22.4 Å². The summed E-state index contributed by atoms with van der Waals surface area (Å²) in [5.41, 5.74) is 2.36. The highest BCUT2D eigenvalue weighted by Crippen LogP contribution is 2.42. The van der Waals surface area contributed by atoms with Gasteiger partial charge in [-0.2, -0.15) is 0 Å². The molecule has 3 aromatic rings. The van der Waals surface area contributed by atoms with Crippen LogP contribution in [-0.2, 0) is 14.3 Å². The number of ketones is 1. The number of benzene rings is 3. The fourth-order valence-electron chi connectivity index (χ4n) is 3.99. The molecule has 0 bridgehead atoms. The molecule has 8 heteroatoms. The molecule has 35 heavy (non-hydrogen) atoms. The average Bonchev–Trinajstić information content (AvgIpc) is 3.11. The highest BCUT2D eigenvalue weighted by atomic mass is 79.9. The van der Waals surface area contributed by atoms with Gasteiger partial charge in [0.05, 0.1) is 23.8 Å². The normalized spacial score (nSPS) is 17.0. The molecule has 1 aliphatic heterocycles. The van der Waals surface area contributed by atoms with Crippen molar-refractivity contribution < 1.29 is 29.3 Å². The lowest BCUT2D eigenvalue weighted by Gasteiger charge is -2.25. The minimum Gasteiger partial charge on any atom is -0.508 e. The smallest absolute Gasteiger partial charge is 0.338 e. The Morgan fingerprint density at radius 2 is 1.63 bits per heavy atom. The number of Topliss-reactive ketones (excluding diaryl/α,β-unsaturated/α-hetero) is 1. The summed E-state index contributed by atoms with van der Waals surface area (Å²) in [7, 11) is 0. The summed E-state index contributed by atoms with van der Waals surface area (Å²) in [6, 6.07) is 16.4. The van der Waals surface area contributed by atoms with Crippen molar-refractivity contribution in [2.75, 3.05) is 11.5 Å². The maximum Gasteiger partial charge on any atom is 0.338 e. The van der Waals surface area contributed by atoms with Gasteiger partial charge in [0.25, 0.3) is 11.7 Å². The number of phenols is 1. The van der Waals surface area contributed by atoms with E-state index < -0.39 is 23.7 Å². The molecule has 3 aromatic carbocycles. The molecule has 2 N–H and O–H groups in total. The number of rotatable bonds is 5. The Kier molecular flexibility index (Phi) is 6.75. The van der Waals surface area contributed by atoms with Crippen LogP contribution in [0.3, 0.4) is 0 Å². The highest BCUT2D eigenvalue weighted by molar-refractivity contribution is 9.10. The predicted octanol–water partition coefficient (Wildman–Crippen LogP) is 5.27. The van der Waals surface area contributed by atoms with Gasteiger partial charge in [0, 0.05) is 15.7 Å². The number of carbonyl (C=O) groups excluding carboxylic acids is 3. The Morgan fingerprint density at radius 3 is 2.23 bits per heavy atom. The van der Waals surface area contributed by atoms with E-state index in [-0.39, 0.29) is 23.7 Å². The maximum atomic E-state index is 13.2. The predicted molar refractivity (Wildman–Crippen MR) is 134 cm³/mol. The second kappa shape index (κ2) is 9.76. The third-order valence-electron chi connectivity index (χ3n) is 5.74. The van der Waals surface area contributed by atoms with E-state index in [9.17, 15) is 24.6 Å². The minimum absolute atomic E-state index is 0.0213. The molecule has 1 fully saturated rings. The molecular formula is C27H22BrNO6. The van der Waals surface area contributed by atoms with E-state index in [2.05, 4.69) is 15.9 Å². The van der Waals surface area contributed by atoms with Gasteiger partial charge in [0.1, 0.15) is 11.5 Å². The van der Waals surface area contributed by atoms with E-state index >= 15 is 0 Å². The van der Waals surface area contributed by atoms with Gasteiger partial charge >= 0.3 is 5.97 Å². The minimum atomic E-state index is -0.951. The van der Waals surface area contributed by atoms with Crippen molar-refractivity contribution in [1.29, 1.82) is 0 Å². The van der Waals surface area contributed by atoms with Crippen LogP contribution in [0.1, 0.15) is 40.0 Å². The molecule has 4 rings (SSSR count). The lowest BCUT2D eigenvalue weighted by molar-refractivity contribution is -0.132. The van der Waals surface area contributed by atoms with Crippen LogP contribution in [0.5, 0.6) is 5.75 Å². The number of phenolic OH excluding ortho intramolecular Hbond substituents is 1. The van der Waals surface area contributed by atoms with Crippen LogP contribution in [-0.4, -0.2) is 34.5 Å². The van der Waals surface area contributed by atoms with Gasteiger partial charge in [0.2, 0.25) is 0 Å². The van der Waals surface area contributed by atoms with E-state index in [1.165, 1.54) is 29.2 Å². The molecule has 0 spiro atoms. The number of anilines is 1. The van der Waals surface area contributed by atoms with Crippen molar-refractivity contribution >= 4 is 45.0 Å². The first-order chi connectivity index (χ1) is 16.7. The summed E-state index contributed by atoms with van der Waals surface area (Å²) >= 11 is 3.42. The number of aliphatic hydroxyl groups is 1. The molecule has 7 nitrogen and oxygen atoms in total. The third kappa shape index (κ3) is 4.57. The number of aromatic hydroxyl groups is 1. The van der Waals surface area contributed by atoms with Gasteiger partial charge in [-0.3, -0.25) is 14.5 Å². The quantitative estimate of drug-likeness (QED) is 0.199. The van der Waals surface area contributed by atoms with Gasteiger partial charge in [-0.25, -0.2) is 4.79 Å². The molecule has 178 valence electrons. The number of ether oxygens (including phenoxy) is 1. The van der Waals surface area contributed by atoms with Crippen molar-refractivity contribution in [3.63, 3.8) is 0 Å². The number of hydrogen-bond acceptors (Lipinski definition) is 6. The molecule has 0 saturated carbocycles. The SMILES string of the molecule is CCOC(=O)c1ccc(N2C(=O)C(=O)/C(=C(\O)c3ccc(Br)c(C)c3)C2c2ccc(O)cc2)cc1. The second-order valence-electron chi connectivity index (χ2n) is 7.99. The van der Waals surface area contributed by atoms with Crippen LogP contribution < -0.4 is 4.90 Å². The standard InChI is InChI=1S/C27H22BrNO6/c1-3-35-27(34)17-4-9-19(10-5-17)29-23(16-6-11-20(30)12-7-16)22(25(32)26(29)33)24(31)18-8-13-21(28)15(2)14-18/h4-14,23,30-31H,3H2,1-2H3/b24-22-. The van der Waals surface area contributed by atoms with E-state index in [1.54, 1.807) is 49.4 Å². The van der Waals surface area contributed by atoms with E-state index in [1.807, 2.05) is 6.92 Å². The van der Waals surface area contributed by atoms with Gasteiger partial charge in [-0.15, -0.1) is 0 Å². The lowest BCUT2D eigenvalue weighted by Crippen LogP contribution is -2.29. The highest BCUT2D eigenvalue weighted by Gasteiger charge is 2.47. The molecule has 1 saturated heterocycles. The number of amides is 1. The van der Waals surface area contributed by atoms with Gasteiger partial charge in [-0.1, -0.05) is 34.1 Å². The molecular weight excluding hydrogens is 514 g/mol. The summed E-state index contributed by atoms with van der Waals surface area (Å²) < 4.78 is 5.85. The number of halogens is 1. The zero-order chi connectivity index (χ0) is 25.3. The Bertz CT molecular complexity index is 1350. The first-order valence-corrected chi connectivity index (χ1v) is 11.7. The molecule has 0 aliphatic carbocycles. The van der Waals surface area contributed by atoms with Gasteiger partial charge < -0.3 is 14.9 Å². The zero-order valence-electron chi connectivity index (χ0n) is 19.0. The van der Waals surface area contributed by atoms with Crippen molar-refractivity contribution in [2.24, 2.45) is 0 Å². The summed E-state index contributed by atoms with van der Waals surface area (Å²) in [5, 5.41) is 21.0. The van der Waals surface area contributed by atoms with Crippen LogP contribution in [0.2, 0.25) is 0 Å². The lowest BCUT2D eigenvalue weighted by atomic mass is 9.94. The van der Waals surface area contributed by atoms with Gasteiger partial charge in [0.15, 0.2) is 0 Å². The van der Waals surface area contributed by atoms with Crippen molar-refractivity contribution in [3.8, 4) is 5.75 Å². The number of aliphatic hydroxyl groups excluding tert-OH is 1. The number of esters is 1. The second-order valence-corrected chi connectivity index (χ2v) is 8.85. The number of nitrogens with zero attached hydrogens (tertiary/aromatic N) is 1. The van der Waals surface area contributed by atoms with Crippen LogP contribution in [0, 0.1) is 6.92 Å². The van der Waals surface area contributed by atoms with Gasteiger partial charge in [-0.05, 0) is 73.5 Å². The number of aryl methyl sites for hydroxylation is 1. The summed E-state index contributed by atoms with van der Waals surface area (Å²) in [6.45, 7) is 3.78. The molecule has 1 heterocycles. The summed E-state index contributed by atoms with van der Waals surface area (Å²) in [6.07, 6.45) is 0. The van der Waals surface area contributed by atoms with Crippen molar-refractivity contribution in [2.45, 2.75) is 19.9 Å². The third-order valence-corrected chi connectivity index (χ3v) is 6.63. The van der Waals surface area contributed by atoms with Crippen LogP contribution in [0.15, 0.2) is 76.8 Å². The topological polar surface area (TPSA) is 104 Å². The van der Waals surface area contributed by atoms with Crippen LogP contribution >= 0.6 is 15.9 Å². The summed E-state index contributed by atoms with van der Waals surface area (Å²) in [5.74, 6) is -2.43. The summed E-state index contributed by atoms with van der Waals surface area (Å²) in [4.78, 5) is 39.8. The van der Waals surface area contributed by atoms with Crippen LogP contribution in [0.25, 0.3) is 5.76 Å². The van der Waals surface area contributed by atoms with Crippen LogP contribution in [0.4, 0.5) is 5.69 Å². The largest absolute Gasteiger partial charge is 0.508 e. The fraction of sp³-hybridized carbons (Fsp3) is 0.148. The van der Waals surface area contributed by atoms with Crippen molar-refractivity contribution in [1.82, 2.24) is 0 Å². The van der Waals surface area contributed by atoms with E-state index in [4.69, 9.17) is 4.74 Å². The number of carbonyl (C=O) groups is 3. The van der Waals surface area contributed by atoms with E-state index in [0.717, 1.165) is 10.0 Å².